The molecule has 2 atom stereocenters. The normalized spacial score (nSPS) is 28.8. The number of morpholine rings is 1. The molecule has 2 aliphatic rings. The van der Waals surface area contributed by atoms with Gasteiger partial charge in [-0.2, -0.15) is 0 Å². The fourth-order valence-electron chi connectivity index (χ4n) is 2.75. The summed E-state index contributed by atoms with van der Waals surface area (Å²) >= 11 is 1.22. The lowest BCUT2D eigenvalue weighted by Crippen LogP contribution is -2.54. The maximum absolute atomic E-state index is 12.3. The first-order valence-corrected chi connectivity index (χ1v) is 6.89. The predicted octanol–water partition coefficient (Wildman–Crippen LogP) is 1.32. The van der Waals surface area contributed by atoms with Crippen LogP contribution in [0.25, 0.3) is 0 Å². The van der Waals surface area contributed by atoms with Crippen molar-refractivity contribution in [1.82, 2.24) is 14.5 Å². The molecule has 1 aliphatic heterocycles. The third kappa shape index (κ3) is 2.07. The summed E-state index contributed by atoms with van der Waals surface area (Å²) in [5, 5.41) is 5.58. The van der Waals surface area contributed by atoms with Gasteiger partial charge < -0.3 is 9.64 Å². The van der Waals surface area contributed by atoms with E-state index in [0.717, 1.165) is 12.8 Å². The molecule has 0 unspecified atom stereocenters. The second-order valence-corrected chi connectivity index (χ2v) is 5.16. The molecule has 0 bridgehead atoms. The number of aromatic nitrogens is 2. The number of ether oxygens (including phenoxy) is 1. The van der Waals surface area contributed by atoms with Gasteiger partial charge in [0, 0.05) is 11.9 Å². The van der Waals surface area contributed by atoms with Crippen LogP contribution in [0, 0.1) is 0 Å². The summed E-state index contributed by atoms with van der Waals surface area (Å²) < 4.78 is 9.51. The van der Waals surface area contributed by atoms with Crippen molar-refractivity contribution in [3.8, 4) is 0 Å². The van der Waals surface area contributed by atoms with E-state index in [2.05, 4.69) is 9.59 Å². The monoisotopic (exact) mass is 253 g/mol. The Labute approximate surface area is 104 Å². The SMILES string of the molecule is O=C(c1csnn1)N1CCO[C@@H]2CCCC[C@@H]21. The zero-order valence-corrected chi connectivity index (χ0v) is 10.4. The van der Waals surface area contributed by atoms with E-state index >= 15 is 0 Å². The highest BCUT2D eigenvalue weighted by Gasteiger charge is 2.37. The molecule has 2 fully saturated rings. The minimum absolute atomic E-state index is 0.0129. The highest BCUT2D eigenvalue weighted by atomic mass is 32.1. The molecule has 1 aliphatic carbocycles. The van der Waals surface area contributed by atoms with Gasteiger partial charge in [0.25, 0.3) is 5.91 Å². The number of amides is 1. The van der Waals surface area contributed by atoms with Crippen molar-refractivity contribution >= 4 is 17.4 Å². The molecule has 17 heavy (non-hydrogen) atoms. The van der Waals surface area contributed by atoms with Gasteiger partial charge in [0.05, 0.1) is 18.8 Å². The van der Waals surface area contributed by atoms with Crippen molar-refractivity contribution < 1.29 is 9.53 Å². The largest absolute Gasteiger partial charge is 0.374 e. The lowest BCUT2D eigenvalue weighted by molar-refractivity contribution is -0.0754. The van der Waals surface area contributed by atoms with E-state index < -0.39 is 0 Å². The third-order valence-corrected chi connectivity index (χ3v) is 4.08. The molecule has 1 amide bonds. The van der Waals surface area contributed by atoms with Crippen LogP contribution in [0.5, 0.6) is 0 Å². The van der Waals surface area contributed by atoms with Crippen LogP contribution in [0.3, 0.4) is 0 Å². The molecule has 1 saturated carbocycles. The van der Waals surface area contributed by atoms with Crippen LogP contribution in [0.15, 0.2) is 5.38 Å². The Kier molecular flexibility index (Phi) is 3.07. The summed E-state index contributed by atoms with van der Waals surface area (Å²) in [5.41, 5.74) is 0.473. The van der Waals surface area contributed by atoms with Gasteiger partial charge in [-0.3, -0.25) is 4.79 Å². The molecule has 1 saturated heterocycles. The van der Waals surface area contributed by atoms with Gasteiger partial charge in [0.15, 0.2) is 5.69 Å². The minimum Gasteiger partial charge on any atom is -0.374 e. The molecule has 92 valence electrons. The quantitative estimate of drug-likeness (QED) is 0.757. The average Bonchev–Trinajstić information content (AvgIpc) is 2.91. The third-order valence-electron chi connectivity index (χ3n) is 3.57. The Hall–Kier alpha value is -1.01. The molecule has 3 rings (SSSR count). The molecule has 0 radical (unpaired) electrons. The predicted molar refractivity (Wildman–Crippen MR) is 62.9 cm³/mol. The van der Waals surface area contributed by atoms with Crippen LogP contribution in [-0.4, -0.2) is 45.7 Å². The Balaban J connectivity index is 1.79. The number of nitrogens with zero attached hydrogens (tertiary/aromatic N) is 3. The summed E-state index contributed by atoms with van der Waals surface area (Å²) in [4.78, 5) is 14.2. The van der Waals surface area contributed by atoms with Crippen LogP contribution in [0.4, 0.5) is 0 Å². The minimum atomic E-state index is 0.0129. The Bertz CT molecular complexity index is 393. The lowest BCUT2D eigenvalue weighted by atomic mass is 9.90. The van der Waals surface area contributed by atoms with E-state index in [9.17, 15) is 4.79 Å². The Morgan fingerprint density at radius 1 is 1.47 bits per heavy atom. The summed E-state index contributed by atoms with van der Waals surface area (Å²) in [6.45, 7) is 1.32. The first-order valence-electron chi connectivity index (χ1n) is 6.06. The number of hydrogen-bond acceptors (Lipinski definition) is 5. The van der Waals surface area contributed by atoms with Gasteiger partial charge in [-0.25, -0.2) is 0 Å². The number of fused-ring (bicyclic) bond motifs is 1. The van der Waals surface area contributed by atoms with Crippen LogP contribution in [-0.2, 0) is 4.74 Å². The standard InChI is InChI=1S/C11H15N3O2S/c15-11(8-7-17-13-12-8)14-5-6-16-10-4-2-1-3-9(10)14/h7,9-10H,1-6H2/t9-,10+/m0/s1. The van der Waals surface area contributed by atoms with Crippen molar-refractivity contribution in [1.29, 1.82) is 0 Å². The van der Waals surface area contributed by atoms with Gasteiger partial charge in [0.2, 0.25) is 0 Å². The van der Waals surface area contributed by atoms with Crippen LogP contribution in [0.1, 0.15) is 36.2 Å². The van der Waals surface area contributed by atoms with E-state index in [0.29, 0.717) is 18.8 Å². The second-order valence-electron chi connectivity index (χ2n) is 4.55. The molecular formula is C11H15N3O2S. The number of hydrogen-bond donors (Lipinski definition) is 0. The molecule has 1 aromatic heterocycles. The zero-order chi connectivity index (χ0) is 11.7. The maximum atomic E-state index is 12.3. The number of carbonyl (C=O) groups is 1. The van der Waals surface area contributed by atoms with E-state index in [-0.39, 0.29) is 18.1 Å². The molecule has 0 N–H and O–H groups in total. The van der Waals surface area contributed by atoms with Gasteiger partial charge in [-0.15, -0.1) is 5.10 Å². The van der Waals surface area contributed by atoms with Crippen LogP contribution < -0.4 is 0 Å². The average molecular weight is 253 g/mol. The van der Waals surface area contributed by atoms with Crippen molar-refractivity contribution in [3.05, 3.63) is 11.1 Å². The Morgan fingerprint density at radius 3 is 3.18 bits per heavy atom. The van der Waals surface area contributed by atoms with Crippen molar-refractivity contribution in [2.24, 2.45) is 0 Å². The molecule has 5 nitrogen and oxygen atoms in total. The molecule has 6 heteroatoms. The molecule has 0 aromatic carbocycles. The zero-order valence-electron chi connectivity index (χ0n) is 9.54. The number of rotatable bonds is 1. The molecule has 1 aromatic rings. The van der Waals surface area contributed by atoms with Gasteiger partial charge in [-0.05, 0) is 24.4 Å². The summed E-state index contributed by atoms with van der Waals surface area (Å²) in [7, 11) is 0. The second kappa shape index (κ2) is 4.70. The van der Waals surface area contributed by atoms with E-state index in [1.54, 1.807) is 5.38 Å². The van der Waals surface area contributed by atoms with Gasteiger partial charge in [0.1, 0.15) is 0 Å². The van der Waals surface area contributed by atoms with Gasteiger partial charge in [-0.1, -0.05) is 17.3 Å². The van der Waals surface area contributed by atoms with E-state index in [4.69, 9.17) is 4.74 Å². The fourth-order valence-corrected chi connectivity index (χ4v) is 3.18. The van der Waals surface area contributed by atoms with E-state index in [1.807, 2.05) is 4.90 Å². The summed E-state index contributed by atoms with van der Waals surface area (Å²) in [6.07, 6.45) is 4.75. The van der Waals surface area contributed by atoms with Crippen LogP contribution >= 0.6 is 11.5 Å². The van der Waals surface area contributed by atoms with Crippen molar-refractivity contribution in [3.63, 3.8) is 0 Å². The topological polar surface area (TPSA) is 55.3 Å². The maximum Gasteiger partial charge on any atom is 0.275 e. The van der Waals surface area contributed by atoms with Crippen LogP contribution in [0.2, 0.25) is 0 Å². The fraction of sp³-hybridized carbons (Fsp3) is 0.727. The first kappa shape index (κ1) is 11.1. The summed E-state index contributed by atoms with van der Waals surface area (Å²) in [5.74, 6) is 0.0129. The molecular weight excluding hydrogens is 238 g/mol. The van der Waals surface area contributed by atoms with Gasteiger partial charge >= 0.3 is 0 Å². The van der Waals surface area contributed by atoms with Crippen molar-refractivity contribution in [2.45, 2.75) is 37.8 Å². The highest BCUT2D eigenvalue weighted by Crippen LogP contribution is 2.29. The molecule has 2 heterocycles. The highest BCUT2D eigenvalue weighted by molar-refractivity contribution is 7.03. The van der Waals surface area contributed by atoms with Crippen molar-refractivity contribution in [2.75, 3.05) is 13.2 Å². The smallest absolute Gasteiger partial charge is 0.275 e. The van der Waals surface area contributed by atoms with E-state index in [1.165, 1.54) is 24.4 Å². The Morgan fingerprint density at radius 2 is 2.35 bits per heavy atom. The summed E-state index contributed by atoms with van der Waals surface area (Å²) in [6, 6.07) is 0.242. The molecule has 0 spiro atoms. The first-order chi connectivity index (χ1) is 8.36. The number of carbonyl (C=O) groups excluding carboxylic acids is 1. The lowest BCUT2D eigenvalue weighted by Gasteiger charge is -2.43.